The summed E-state index contributed by atoms with van der Waals surface area (Å²) in [6, 6.07) is 0. The van der Waals surface area contributed by atoms with Crippen molar-refractivity contribution in [2.24, 2.45) is 23.2 Å². The molecule has 0 N–H and O–H groups in total. The first-order valence-electron chi connectivity index (χ1n) is 16.3. The second kappa shape index (κ2) is 15.1. The Hall–Kier alpha value is -0.370. The summed E-state index contributed by atoms with van der Waals surface area (Å²) in [4.78, 5) is 13.4. The number of ketones is 1. The first kappa shape index (κ1) is 29.2. The molecule has 2 heteroatoms. The van der Waals surface area contributed by atoms with Crippen molar-refractivity contribution in [3.63, 3.8) is 0 Å². The molecule has 35 heavy (non-hydrogen) atoms. The van der Waals surface area contributed by atoms with E-state index in [2.05, 4.69) is 21.0 Å². The van der Waals surface area contributed by atoms with Crippen LogP contribution in [-0.4, -0.2) is 37.5 Å². The van der Waals surface area contributed by atoms with Gasteiger partial charge in [0.2, 0.25) is 0 Å². The largest absolute Gasteiger partial charge is 0.328 e. The molecule has 0 aromatic rings. The lowest BCUT2D eigenvalue weighted by molar-refractivity contribution is -0.890. The SMILES string of the molecule is CCCCCCCCCCCCCCCCCC[N+](C)(C)CCC(=O)C12CC3CC(CC(C3)C1)C2. The van der Waals surface area contributed by atoms with Crippen LogP contribution in [-0.2, 0) is 4.79 Å². The number of hydrogen-bond donors (Lipinski definition) is 0. The Morgan fingerprint density at radius 1 is 0.600 bits per heavy atom. The molecule has 0 spiro atoms. The van der Waals surface area contributed by atoms with E-state index in [9.17, 15) is 4.79 Å². The number of quaternary nitrogens is 1. The van der Waals surface area contributed by atoms with Crippen LogP contribution in [0, 0.1) is 23.2 Å². The zero-order valence-corrected chi connectivity index (χ0v) is 24.3. The van der Waals surface area contributed by atoms with Gasteiger partial charge >= 0.3 is 0 Å². The summed E-state index contributed by atoms with van der Waals surface area (Å²) < 4.78 is 1.04. The fourth-order valence-electron chi connectivity index (χ4n) is 8.32. The van der Waals surface area contributed by atoms with Crippen LogP contribution in [0.3, 0.4) is 0 Å². The van der Waals surface area contributed by atoms with E-state index in [4.69, 9.17) is 0 Å². The minimum absolute atomic E-state index is 0.114. The van der Waals surface area contributed by atoms with Crippen LogP contribution in [0.2, 0.25) is 0 Å². The molecule has 4 fully saturated rings. The highest BCUT2D eigenvalue weighted by molar-refractivity contribution is 5.85. The maximum absolute atomic E-state index is 13.4. The molecule has 4 saturated carbocycles. The van der Waals surface area contributed by atoms with Gasteiger partial charge in [0.1, 0.15) is 5.78 Å². The van der Waals surface area contributed by atoms with Crippen LogP contribution >= 0.6 is 0 Å². The normalized spacial score (nSPS) is 27.6. The lowest BCUT2D eigenvalue weighted by Gasteiger charge is -2.56. The third kappa shape index (κ3) is 10.1. The van der Waals surface area contributed by atoms with Gasteiger partial charge in [0.15, 0.2) is 0 Å². The third-order valence-electron chi connectivity index (χ3n) is 10.2. The highest BCUT2D eigenvalue weighted by Crippen LogP contribution is 2.60. The maximum atomic E-state index is 13.4. The van der Waals surface area contributed by atoms with E-state index in [0.29, 0.717) is 5.78 Å². The Labute approximate surface area is 220 Å². The molecule has 0 saturated heterocycles. The smallest absolute Gasteiger partial charge is 0.144 e. The van der Waals surface area contributed by atoms with Crippen molar-refractivity contribution >= 4 is 5.78 Å². The molecule has 204 valence electrons. The Bertz CT molecular complexity index is 559. The van der Waals surface area contributed by atoms with Crippen molar-refractivity contribution < 1.29 is 9.28 Å². The third-order valence-corrected chi connectivity index (χ3v) is 10.2. The monoisotopic (exact) mass is 488 g/mol. The van der Waals surface area contributed by atoms with Gasteiger partial charge in [0, 0.05) is 5.41 Å². The molecular formula is C33H62NO+. The van der Waals surface area contributed by atoms with Crippen molar-refractivity contribution in [3.8, 4) is 0 Å². The highest BCUT2D eigenvalue weighted by atomic mass is 16.1. The van der Waals surface area contributed by atoms with Crippen LogP contribution in [0.25, 0.3) is 0 Å². The van der Waals surface area contributed by atoms with Gasteiger partial charge < -0.3 is 4.48 Å². The summed E-state index contributed by atoms with van der Waals surface area (Å²) in [6.45, 7) is 4.60. The van der Waals surface area contributed by atoms with Crippen LogP contribution < -0.4 is 0 Å². The minimum atomic E-state index is 0.114. The summed E-state index contributed by atoms with van der Waals surface area (Å²) >= 11 is 0. The van der Waals surface area contributed by atoms with Crippen molar-refractivity contribution in [3.05, 3.63) is 0 Å². The van der Waals surface area contributed by atoms with E-state index in [1.165, 1.54) is 148 Å². The molecule has 0 unspecified atom stereocenters. The molecule has 0 aromatic carbocycles. The first-order chi connectivity index (χ1) is 16.9. The zero-order valence-electron chi connectivity index (χ0n) is 24.3. The van der Waals surface area contributed by atoms with Gasteiger partial charge in [-0.3, -0.25) is 4.79 Å². The quantitative estimate of drug-likeness (QED) is 0.116. The van der Waals surface area contributed by atoms with E-state index < -0.39 is 0 Å². The second-order valence-corrected chi connectivity index (χ2v) is 14.1. The highest BCUT2D eigenvalue weighted by Gasteiger charge is 2.54. The number of unbranched alkanes of at least 4 members (excludes halogenated alkanes) is 15. The number of hydrogen-bond acceptors (Lipinski definition) is 1. The topological polar surface area (TPSA) is 17.1 Å². The molecule has 0 aliphatic heterocycles. The molecule has 0 amide bonds. The molecule has 4 bridgehead atoms. The van der Waals surface area contributed by atoms with Crippen molar-refractivity contribution in [1.82, 2.24) is 0 Å². The number of carbonyl (C=O) groups excluding carboxylic acids is 1. The predicted octanol–water partition coefficient (Wildman–Crippen LogP) is 9.50. The first-order valence-corrected chi connectivity index (χ1v) is 16.3. The number of rotatable bonds is 21. The lowest BCUT2D eigenvalue weighted by atomic mass is 9.48. The van der Waals surface area contributed by atoms with Crippen LogP contribution in [0.1, 0.15) is 155 Å². The average Bonchev–Trinajstić information content (AvgIpc) is 2.81. The fraction of sp³-hybridized carbons (Fsp3) is 0.970. The van der Waals surface area contributed by atoms with Gasteiger partial charge in [-0.2, -0.15) is 0 Å². The summed E-state index contributed by atoms with van der Waals surface area (Å²) in [5.74, 6) is 3.31. The molecule has 2 nitrogen and oxygen atoms in total. The van der Waals surface area contributed by atoms with Crippen LogP contribution in [0.4, 0.5) is 0 Å². The lowest BCUT2D eigenvalue weighted by Crippen LogP contribution is -2.51. The van der Waals surface area contributed by atoms with E-state index in [1.807, 2.05) is 0 Å². The number of carbonyl (C=O) groups is 1. The van der Waals surface area contributed by atoms with E-state index in [-0.39, 0.29) is 5.41 Å². The van der Waals surface area contributed by atoms with E-state index in [1.54, 1.807) is 0 Å². The van der Waals surface area contributed by atoms with Gasteiger partial charge in [-0.15, -0.1) is 0 Å². The average molecular weight is 489 g/mol. The molecule has 4 aliphatic rings. The predicted molar refractivity (Wildman–Crippen MR) is 152 cm³/mol. The Kier molecular flexibility index (Phi) is 12.6. The van der Waals surface area contributed by atoms with Gasteiger partial charge in [0.05, 0.1) is 33.6 Å². The summed E-state index contributed by atoms with van der Waals surface area (Å²) in [7, 11) is 4.72. The molecule has 0 aromatic heterocycles. The Morgan fingerprint density at radius 2 is 0.971 bits per heavy atom. The second-order valence-electron chi connectivity index (χ2n) is 14.1. The van der Waals surface area contributed by atoms with E-state index in [0.717, 1.165) is 35.2 Å². The summed E-state index contributed by atoms with van der Waals surface area (Å²) in [5.41, 5.74) is 0.114. The zero-order chi connectivity index (χ0) is 25.0. The molecule has 4 aliphatic carbocycles. The van der Waals surface area contributed by atoms with Crippen molar-refractivity contribution in [2.75, 3.05) is 27.2 Å². The Balaban J connectivity index is 1.13. The molecule has 0 radical (unpaired) electrons. The van der Waals surface area contributed by atoms with Gasteiger partial charge in [-0.05, 0) is 69.1 Å². The molecule has 0 atom stereocenters. The van der Waals surface area contributed by atoms with E-state index >= 15 is 0 Å². The van der Waals surface area contributed by atoms with Crippen LogP contribution in [0.15, 0.2) is 0 Å². The Morgan fingerprint density at radius 3 is 1.37 bits per heavy atom. The standard InChI is InChI=1S/C33H62NO/c1-4-5-6-7-8-9-10-11-12-13-14-15-16-17-18-19-21-34(2,3)22-20-32(35)33-26-29-23-30(27-33)25-31(24-29)28-33/h29-31H,4-28H2,1-3H3/q+1. The number of Topliss-reactive ketones (excluding diaryl/α,β-unsaturated/α-hetero) is 1. The van der Waals surface area contributed by atoms with Crippen molar-refractivity contribution in [2.45, 2.75) is 155 Å². The molecule has 0 heterocycles. The van der Waals surface area contributed by atoms with Gasteiger partial charge in [0.25, 0.3) is 0 Å². The molecule has 4 rings (SSSR count). The van der Waals surface area contributed by atoms with Gasteiger partial charge in [-0.1, -0.05) is 96.8 Å². The summed E-state index contributed by atoms with van der Waals surface area (Å²) in [5, 5.41) is 0. The van der Waals surface area contributed by atoms with Crippen LogP contribution in [0.5, 0.6) is 0 Å². The van der Waals surface area contributed by atoms with Gasteiger partial charge in [-0.25, -0.2) is 0 Å². The number of nitrogens with zero attached hydrogens (tertiary/aromatic N) is 1. The summed E-state index contributed by atoms with van der Waals surface area (Å²) in [6.07, 6.45) is 31.8. The molecular weight excluding hydrogens is 426 g/mol. The van der Waals surface area contributed by atoms with Crippen molar-refractivity contribution in [1.29, 1.82) is 0 Å². The fourth-order valence-corrected chi connectivity index (χ4v) is 8.32. The minimum Gasteiger partial charge on any atom is -0.328 e. The maximum Gasteiger partial charge on any atom is 0.144 e.